The van der Waals surface area contributed by atoms with E-state index in [1.165, 1.54) is 19.3 Å². The standard InChI is InChI=1S/C11H23NO2S/c1-5-9(2)8-15-7-6-10(12-3)11(13)14-4/h9-10,12H,5-8H2,1-4H3. The van der Waals surface area contributed by atoms with Crippen LogP contribution in [0.1, 0.15) is 26.7 Å². The Morgan fingerprint density at radius 1 is 1.53 bits per heavy atom. The van der Waals surface area contributed by atoms with Gasteiger partial charge in [-0.2, -0.15) is 11.8 Å². The second-order valence-electron chi connectivity index (χ2n) is 3.74. The van der Waals surface area contributed by atoms with E-state index < -0.39 is 0 Å². The number of hydrogen-bond acceptors (Lipinski definition) is 4. The number of carbonyl (C=O) groups is 1. The molecule has 0 aromatic rings. The number of hydrogen-bond donors (Lipinski definition) is 1. The lowest BCUT2D eigenvalue weighted by Crippen LogP contribution is -2.35. The highest BCUT2D eigenvalue weighted by atomic mass is 32.2. The Bertz CT molecular complexity index is 176. The van der Waals surface area contributed by atoms with E-state index >= 15 is 0 Å². The van der Waals surface area contributed by atoms with Crippen LogP contribution in [-0.2, 0) is 9.53 Å². The molecule has 15 heavy (non-hydrogen) atoms. The van der Waals surface area contributed by atoms with Gasteiger partial charge in [-0.1, -0.05) is 20.3 Å². The number of ether oxygens (including phenoxy) is 1. The van der Waals surface area contributed by atoms with Crippen molar-refractivity contribution in [2.24, 2.45) is 5.92 Å². The van der Waals surface area contributed by atoms with Gasteiger partial charge in [0.2, 0.25) is 0 Å². The van der Waals surface area contributed by atoms with Crippen molar-refractivity contribution in [1.29, 1.82) is 0 Å². The molecule has 0 rings (SSSR count). The highest BCUT2D eigenvalue weighted by Gasteiger charge is 2.15. The lowest BCUT2D eigenvalue weighted by molar-refractivity contribution is -0.143. The Morgan fingerprint density at radius 2 is 2.20 bits per heavy atom. The molecule has 0 aliphatic rings. The van der Waals surface area contributed by atoms with E-state index in [0.717, 1.165) is 18.1 Å². The number of carbonyl (C=O) groups excluding carboxylic acids is 1. The maximum absolute atomic E-state index is 11.2. The fraction of sp³-hybridized carbons (Fsp3) is 0.909. The monoisotopic (exact) mass is 233 g/mol. The first-order valence-electron chi connectivity index (χ1n) is 5.48. The molecule has 2 unspecified atom stereocenters. The van der Waals surface area contributed by atoms with Crippen molar-refractivity contribution in [3.05, 3.63) is 0 Å². The fourth-order valence-electron chi connectivity index (χ4n) is 1.13. The van der Waals surface area contributed by atoms with Gasteiger partial charge in [-0.25, -0.2) is 0 Å². The van der Waals surface area contributed by atoms with E-state index in [9.17, 15) is 4.79 Å². The molecule has 90 valence electrons. The Labute approximate surface area is 97.3 Å². The van der Waals surface area contributed by atoms with Gasteiger partial charge in [-0.05, 0) is 30.9 Å². The van der Waals surface area contributed by atoms with Gasteiger partial charge in [0.05, 0.1) is 7.11 Å². The van der Waals surface area contributed by atoms with Crippen molar-refractivity contribution in [3.63, 3.8) is 0 Å². The van der Waals surface area contributed by atoms with Gasteiger partial charge >= 0.3 is 5.97 Å². The van der Waals surface area contributed by atoms with Crippen LogP contribution in [0.3, 0.4) is 0 Å². The van der Waals surface area contributed by atoms with E-state index in [1.807, 2.05) is 11.8 Å². The van der Waals surface area contributed by atoms with Crippen LogP contribution in [0.5, 0.6) is 0 Å². The van der Waals surface area contributed by atoms with Crippen molar-refractivity contribution in [1.82, 2.24) is 5.32 Å². The van der Waals surface area contributed by atoms with E-state index in [1.54, 1.807) is 7.05 Å². The van der Waals surface area contributed by atoms with E-state index in [2.05, 4.69) is 19.2 Å². The van der Waals surface area contributed by atoms with Gasteiger partial charge in [-0.3, -0.25) is 4.79 Å². The third kappa shape index (κ3) is 6.79. The molecule has 0 heterocycles. The number of thioether (sulfide) groups is 1. The van der Waals surface area contributed by atoms with E-state index in [-0.39, 0.29) is 12.0 Å². The number of rotatable bonds is 8. The summed E-state index contributed by atoms with van der Waals surface area (Å²) in [7, 11) is 3.22. The van der Waals surface area contributed by atoms with Gasteiger partial charge in [0.25, 0.3) is 0 Å². The Balaban J connectivity index is 3.59. The minimum atomic E-state index is -0.165. The summed E-state index contributed by atoms with van der Waals surface area (Å²) in [6, 6.07) is -0.153. The molecular weight excluding hydrogens is 210 g/mol. The van der Waals surface area contributed by atoms with Crippen LogP contribution in [0.4, 0.5) is 0 Å². The molecular formula is C11H23NO2S. The van der Waals surface area contributed by atoms with Gasteiger partial charge in [-0.15, -0.1) is 0 Å². The summed E-state index contributed by atoms with van der Waals surface area (Å²) in [5.74, 6) is 2.78. The van der Waals surface area contributed by atoms with E-state index in [0.29, 0.717) is 0 Å². The summed E-state index contributed by atoms with van der Waals surface area (Å²) in [4.78, 5) is 11.2. The summed E-state index contributed by atoms with van der Waals surface area (Å²) in [6.07, 6.45) is 2.06. The highest BCUT2D eigenvalue weighted by molar-refractivity contribution is 7.99. The number of nitrogens with one attached hydrogen (secondary N) is 1. The molecule has 3 nitrogen and oxygen atoms in total. The predicted octanol–water partition coefficient (Wildman–Crippen LogP) is 1.92. The van der Waals surface area contributed by atoms with Gasteiger partial charge in [0.15, 0.2) is 0 Å². The molecule has 0 saturated heterocycles. The predicted molar refractivity (Wildman–Crippen MR) is 66.3 cm³/mol. The summed E-state index contributed by atoms with van der Waals surface area (Å²) in [5.41, 5.74) is 0. The van der Waals surface area contributed by atoms with Gasteiger partial charge in [0, 0.05) is 0 Å². The molecule has 2 atom stereocenters. The van der Waals surface area contributed by atoms with Gasteiger partial charge in [0.1, 0.15) is 6.04 Å². The third-order valence-corrected chi connectivity index (χ3v) is 3.81. The van der Waals surface area contributed by atoms with Gasteiger partial charge < -0.3 is 10.1 Å². The first-order valence-corrected chi connectivity index (χ1v) is 6.64. The second-order valence-corrected chi connectivity index (χ2v) is 4.89. The Kier molecular flexibility index (Phi) is 8.91. The number of methoxy groups -OCH3 is 1. The lowest BCUT2D eigenvalue weighted by Gasteiger charge is -2.13. The second kappa shape index (κ2) is 9.04. The SMILES string of the molecule is CCC(C)CSCCC(NC)C(=O)OC. The van der Waals surface area contributed by atoms with Crippen LogP contribution in [-0.4, -0.2) is 37.7 Å². The molecule has 0 bridgehead atoms. The zero-order chi connectivity index (χ0) is 11.7. The van der Waals surface area contributed by atoms with Crippen LogP contribution < -0.4 is 5.32 Å². The molecule has 1 N–H and O–H groups in total. The van der Waals surface area contributed by atoms with Crippen molar-refractivity contribution in [3.8, 4) is 0 Å². The number of esters is 1. The molecule has 0 spiro atoms. The minimum Gasteiger partial charge on any atom is -0.468 e. The van der Waals surface area contributed by atoms with Crippen LogP contribution in [0.25, 0.3) is 0 Å². The topological polar surface area (TPSA) is 38.3 Å². The summed E-state index contributed by atoms with van der Waals surface area (Å²) < 4.78 is 4.69. The maximum Gasteiger partial charge on any atom is 0.322 e. The third-order valence-electron chi connectivity index (χ3n) is 2.48. The minimum absolute atomic E-state index is 0.153. The van der Waals surface area contributed by atoms with Crippen molar-refractivity contribution in [2.75, 3.05) is 25.7 Å². The molecule has 0 saturated carbocycles. The van der Waals surface area contributed by atoms with Crippen LogP contribution in [0.2, 0.25) is 0 Å². The normalized spacial score (nSPS) is 14.7. The van der Waals surface area contributed by atoms with Crippen LogP contribution in [0, 0.1) is 5.92 Å². The smallest absolute Gasteiger partial charge is 0.322 e. The largest absolute Gasteiger partial charge is 0.468 e. The average Bonchev–Trinajstić information content (AvgIpc) is 2.27. The molecule has 0 aromatic heterocycles. The molecule has 0 amide bonds. The quantitative estimate of drug-likeness (QED) is 0.513. The van der Waals surface area contributed by atoms with Crippen LogP contribution in [0.15, 0.2) is 0 Å². The fourth-order valence-corrected chi connectivity index (χ4v) is 2.33. The molecule has 0 aromatic carbocycles. The first-order chi connectivity index (χ1) is 7.15. The molecule has 0 fully saturated rings. The average molecular weight is 233 g/mol. The summed E-state index contributed by atoms with van der Waals surface area (Å²) in [5, 5.41) is 2.97. The Morgan fingerprint density at radius 3 is 2.67 bits per heavy atom. The molecule has 0 aliphatic carbocycles. The van der Waals surface area contributed by atoms with Crippen molar-refractivity contribution >= 4 is 17.7 Å². The lowest BCUT2D eigenvalue weighted by atomic mass is 10.2. The summed E-state index contributed by atoms with van der Waals surface area (Å²) in [6.45, 7) is 4.46. The maximum atomic E-state index is 11.2. The molecule has 0 radical (unpaired) electrons. The molecule has 0 aliphatic heterocycles. The zero-order valence-corrected chi connectivity index (χ0v) is 11.0. The molecule has 4 heteroatoms. The van der Waals surface area contributed by atoms with E-state index in [4.69, 9.17) is 4.74 Å². The summed E-state index contributed by atoms with van der Waals surface area (Å²) >= 11 is 1.91. The number of likely N-dealkylation sites (N-methyl/N-ethyl adjacent to an activating group) is 1. The van der Waals surface area contributed by atoms with Crippen molar-refractivity contribution in [2.45, 2.75) is 32.7 Å². The highest BCUT2D eigenvalue weighted by Crippen LogP contribution is 2.13. The van der Waals surface area contributed by atoms with Crippen LogP contribution >= 0.6 is 11.8 Å². The first kappa shape index (κ1) is 14.8. The zero-order valence-electron chi connectivity index (χ0n) is 10.2. The van der Waals surface area contributed by atoms with Crippen molar-refractivity contribution < 1.29 is 9.53 Å². The Hall–Kier alpha value is -0.220.